The highest BCUT2D eigenvalue weighted by Crippen LogP contribution is 2.51. The number of aryl methyl sites for hydroxylation is 1. The lowest BCUT2D eigenvalue weighted by Crippen LogP contribution is -2.47. The number of rotatable bonds is 2. The Hall–Kier alpha value is -2.43. The van der Waals surface area contributed by atoms with Crippen molar-refractivity contribution in [1.29, 1.82) is 0 Å². The van der Waals surface area contributed by atoms with Gasteiger partial charge in [0.2, 0.25) is 0 Å². The minimum atomic E-state index is -0.207. The van der Waals surface area contributed by atoms with E-state index in [9.17, 15) is 4.79 Å². The van der Waals surface area contributed by atoms with Gasteiger partial charge in [-0.25, -0.2) is 0 Å². The number of benzene rings is 2. The highest BCUT2D eigenvalue weighted by Gasteiger charge is 2.47. The Labute approximate surface area is 163 Å². The summed E-state index contributed by atoms with van der Waals surface area (Å²) < 4.78 is 0. The molecule has 1 aliphatic carbocycles. The first-order valence-electron chi connectivity index (χ1n) is 9.31. The maximum absolute atomic E-state index is 13.2. The number of nitrogen functional groups attached to an aromatic ring is 1. The quantitative estimate of drug-likeness (QED) is 0.718. The van der Waals surface area contributed by atoms with E-state index in [4.69, 9.17) is 5.73 Å². The molecule has 1 aliphatic heterocycles. The summed E-state index contributed by atoms with van der Waals surface area (Å²) in [5, 5.41) is 0.670. The summed E-state index contributed by atoms with van der Waals surface area (Å²) in [7, 11) is 0. The third-order valence-electron chi connectivity index (χ3n) is 5.96. The van der Waals surface area contributed by atoms with Crippen LogP contribution in [0.4, 0.5) is 5.00 Å². The standard InChI is InChI=1S/C23H22N2OS/c1-14-8-9-16-17(10-14)23(2)13-25(11-15-6-4-3-5-7-15)12-18-20(23)19(21(16)26)22(24)27-18/h3-10H,11-13,24H2,1-2H3. The van der Waals surface area contributed by atoms with Crippen molar-refractivity contribution < 1.29 is 4.79 Å². The van der Waals surface area contributed by atoms with Crippen LogP contribution in [0.15, 0.2) is 48.5 Å². The molecule has 2 heterocycles. The van der Waals surface area contributed by atoms with E-state index in [-0.39, 0.29) is 11.2 Å². The second kappa shape index (κ2) is 5.78. The average Bonchev–Trinajstić information content (AvgIpc) is 2.98. The molecular formula is C23H22N2OS. The molecule has 1 atom stereocenters. The smallest absolute Gasteiger partial charge is 0.196 e. The van der Waals surface area contributed by atoms with E-state index >= 15 is 0 Å². The first kappa shape index (κ1) is 16.7. The topological polar surface area (TPSA) is 46.3 Å². The number of nitrogens with two attached hydrogens (primary N) is 1. The average molecular weight is 375 g/mol. The highest BCUT2D eigenvalue weighted by molar-refractivity contribution is 7.16. The monoisotopic (exact) mass is 374 g/mol. The van der Waals surface area contributed by atoms with Gasteiger partial charge in [-0.05, 0) is 23.6 Å². The number of nitrogens with zero attached hydrogens (tertiary/aromatic N) is 1. The minimum Gasteiger partial charge on any atom is -0.390 e. The van der Waals surface area contributed by atoms with Gasteiger partial charge < -0.3 is 5.73 Å². The van der Waals surface area contributed by atoms with Crippen LogP contribution in [0.1, 0.15) is 50.0 Å². The van der Waals surface area contributed by atoms with Crippen LogP contribution in [-0.4, -0.2) is 17.2 Å². The molecule has 1 aromatic heterocycles. The molecule has 136 valence electrons. The van der Waals surface area contributed by atoms with E-state index in [0.717, 1.165) is 36.3 Å². The largest absolute Gasteiger partial charge is 0.390 e. The van der Waals surface area contributed by atoms with Gasteiger partial charge in [0.15, 0.2) is 5.78 Å². The van der Waals surface area contributed by atoms with Crippen molar-refractivity contribution in [2.24, 2.45) is 0 Å². The van der Waals surface area contributed by atoms with Crippen molar-refractivity contribution >= 4 is 22.1 Å². The molecule has 3 nitrogen and oxygen atoms in total. The van der Waals surface area contributed by atoms with Crippen LogP contribution in [0, 0.1) is 6.92 Å². The third kappa shape index (κ3) is 2.40. The first-order valence-corrected chi connectivity index (χ1v) is 10.1. The van der Waals surface area contributed by atoms with Crippen molar-refractivity contribution in [2.75, 3.05) is 12.3 Å². The van der Waals surface area contributed by atoms with Gasteiger partial charge in [0.1, 0.15) is 0 Å². The summed E-state index contributed by atoms with van der Waals surface area (Å²) >= 11 is 1.59. The van der Waals surface area contributed by atoms with Crippen molar-refractivity contribution in [1.82, 2.24) is 4.90 Å². The van der Waals surface area contributed by atoms with Crippen LogP contribution >= 0.6 is 11.3 Å². The van der Waals surface area contributed by atoms with Gasteiger partial charge in [0, 0.05) is 35.5 Å². The van der Waals surface area contributed by atoms with Crippen LogP contribution in [0.5, 0.6) is 0 Å². The van der Waals surface area contributed by atoms with E-state index in [1.807, 2.05) is 12.1 Å². The maximum atomic E-state index is 13.2. The van der Waals surface area contributed by atoms with Crippen molar-refractivity contribution in [3.63, 3.8) is 0 Å². The Bertz CT molecular complexity index is 1070. The van der Waals surface area contributed by atoms with E-state index in [0.29, 0.717) is 5.00 Å². The van der Waals surface area contributed by atoms with Crippen LogP contribution < -0.4 is 5.73 Å². The Morgan fingerprint density at radius 3 is 2.74 bits per heavy atom. The molecular weight excluding hydrogens is 352 g/mol. The zero-order chi connectivity index (χ0) is 18.8. The van der Waals surface area contributed by atoms with Crippen LogP contribution in [0.25, 0.3) is 0 Å². The lowest BCUT2D eigenvalue weighted by molar-refractivity contribution is 0.102. The third-order valence-corrected chi connectivity index (χ3v) is 6.96. The molecule has 3 aromatic rings. The summed E-state index contributed by atoms with van der Waals surface area (Å²) in [5.74, 6) is 0.0917. The molecule has 2 aromatic carbocycles. The zero-order valence-electron chi connectivity index (χ0n) is 15.6. The SMILES string of the molecule is Cc1ccc2c(c1)C1(C)CN(Cc3ccccc3)Cc3sc(N)c(c31)C2=O. The van der Waals surface area contributed by atoms with Gasteiger partial charge in [-0.2, -0.15) is 0 Å². The summed E-state index contributed by atoms with van der Waals surface area (Å²) in [6.07, 6.45) is 0. The van der Waals surface area contributed by atoms with Gasteiger partial charge in [0.05, 0.1) is 10.6 Å². The Kier molecular flexibility index (Phi) is 3.58. The van der Waals surface area contributed by atoms with Crippen molar-refractivity contribution in [3.05, 3.63) is 86.8 Å². The molecule has 0 fully saturated rings. The number of ketones is 1. The fourth-order valence-electron chi connectivity index (χ4n) is 4.82. The Morgan fingerprint density at radius 1 is 1.19 bits per heavy atom. The zero-order valence-corrected chi connectivity index (χ0v) is 16.4. The van der Waals surface area contributed by atoms with Gasteiger partial charge in [-0.15, -0.1) is 11.3 Å². The van der Waals surface area contributed by atoms with Crippen LogP contribution in [0.3, 0.4) is 0 Å². The number of hydrogen-bond acceptors (Lipinski definition) is 4. The molecule has 0 spiro atoms. The van der Waals surface area contributed by atoms with Gasteiger partial charge in [-0.1, -0.05) is 61.0 Å². The van der Waals surface area contributed by atoms with Gasteiger partial charge in [0.25, 0.3) is 0 Å². The van der Waals surface area contributed by atoms with E-state index in [1.165, 1.54) is 21.6 Å². The maximum Gasteiger partial charge on any atom is 0.196 e. The lowest BCUT2D eigenvalue weighted by Gasteiger charge is -2.44. The molecule has 1 unspecified atom stereocenters. The Balaban J connectivity index is 1.67. The number of thiophene rings is 1. The summed E-state index contributed by atoms with van der Waals surface area (Å²) in [6, 6.07) is 16.8. The number of carbonyl (C=O) groups excluding carboxylic acids is 1. The molecule has 2 aliphatic rings. The second-order valence-corrected chi connectivity index (χ2v) is 9.12. The highest BCUT2D eigenvalue weighted by atomic mass is 32.1. The van der Waals surface area contributed by atoms with Crippen molar-refractivity contribution in [3.8, 4) is 0 Å². The summed E-state index contributed by atoms with van der Waals surface area (Å²) in [4.78, 5) is 16.9. The van der Waals surface area contributed by atoms with E-state index in [2.05, 4.69) is 55.1 Å². The molecule has 0 radical (unpaired) electrons. The normalized spacial score (nSPS) is 21.0. The summed E-state index contributed by atoms with van der Waals surface area (Å²) in [5.41, 5.74) is 12.5. The second-order valence-electron chi connectivity index (χ2n) is 7.98. The molecule has 2 N–H and O–H groups in total. The predicted molar refractivity (Wildman–Crippen MR) is 110 cm³/mol. The van der Waals surface area contributed by atoms with Crippen LogP contribution in [0.2, 0.25) is 0 Å². The molecule has 27 heavy (non-hydrogen) atoms. The lowest BCUT2D eigenvalue weighted by atomic mass is 9.65. The fourth-order valence-corrected chi connectivity index (χ4v) is 6.06. The fraction of sp³-hybridized carbons (Fsp3) is 0.261. The molecule has 0 saturated carbocycles. The number of fused-ring (bicyclic) bond motifs is 2. The van der Waals surface area contributed by atoms with E-state index in [1.54, 1.807) is 11.3 Å². The number of carbonyl (C=O) groups is 1. The molecule has 4 heteroatoms. The van der Waals surface area contributed by atoms with Gasteiger partial charge >= 0.3 is 0 Å². The first-order chi connectivity index (χ1) is 13.0. The van der Waals surface area contributed by atoms with Crippen molar-refractivity contribution in [2.45, 2.75) is 32.4 Å². The number of anilines is 1. The number of hydrogen-bond donors (Lipinski definition) is 1. The van der Waals surface area contributed by atoms with E-state index < -0.39 is 0 Å². The van der Waals surface area contributed by atoms with Gasteiger partial charge in [-0.3, -0.25) is 9.69 Å². The molecule has 0 amide bonds. The minimum absolute atomic E-state index is 0.0917. The summed E-state index contributed by atoms with van der Waals surface area (Å²) in [6.45, 7) is 7.02. The van der Waals surface area contributed by atoms with Crippen LogP contribution in [-0.2, 0) is 18.5 Å². The molecule has 0 saturated heterocycles. The molecule has 0 bridgehead atoms. The molecule has 5 rings (SSSR count). The predicted octanol–water partition coefficient (Wildman–Crippen LogP) is 4.50. The Morgan fingerprint density at radius 2 is 1.96 bits per heavy atom.